The Morgan fingerprint density at radius 2 is 1.77 bits per heavy atom. The zero-order valence-electron chi connectivity index (χ0n) is 17.0. The highest BCUT2D eigenvalue weighted by molar-refractivity contribution is 7.89. The molecular formula is C20H27ClN2O6S. The minimum absolute atomic E-state index is 0.0372. The fourth-order valence-electron chi connectivity index (χ4n) is 3.97. The number of carbonyl (C=O) groups excluding carboxylic acids is 2. The van der Waals surface area contributed by atoms with E-state index in [-0.39, 0.29) is 28.6 Å². The maximum atomic E-state index is 13.0. The Morgan fingerprint density at radius 1 is 1.13 bits per heavy atom. The van der Waals surface area contributed by atoms with Crippen LogP contribution in [0.4, 0.5) is 0 Å². The molecular weight excluding hydrogens is 432 g/mol. The van der Waals surface area contributed by atoms with E-state index in [1.807, 2.05) is 0 Å². The molecule has 0 spiro atoms. The van der Waals surface area contributed by atoms with E-state index in [0.29, 0.717) is 26.1 Å². The second-order valence-electron chi connectivity index (χ2n) is 7.60. The van der Waals surface area contributed by atoms with Crippen LogP contribution in [-0.2, 0) is 24.3 Å². The number of rotatable bonds is 5. The van der Waals surface area contributed by atoms with Gasteiger partial charge in [-0.3, -0.25) is 4.79 Å². The van der Waals surface area contributed by atoms with Crippen LogP contribution in [0.15, 0.2) is 23.1 Å². The number of amides is 1. The number of benzene rings is 1. The molecule has 0 bridgehead atoms. The third kappa shape index (κ3) is 4.80. The first-order chi connectivity index (χ1) is 14.3. The van der Waals surface area contributed by atoms with Gasteiger partial charge in [0.25, 0.3) is 5.91 Å². The molecule has 3 rings (SSSR count). The van der Waals surface area contributed by atoms with E-state index in [1.165, 1.54) is 29.6 Å². The number of nitrogens with one attached hydrogen (secondary N) is 1. The highest BCUT2D eigenvalue weighted by atomic mass is 35.5. The van der Waals surface area contributed by atoms with Crippen molar-refractivity contribution in [3.05, 3.63) is 28.8 Å². The van der Waals surface area contributed by atoms with Crippen molar-refractivity contribution in [2.24, 2.45) is 0 Å². The first kappa shape index (κ1) is 23.0. The predicted octanol–water partition coefficient (Wildman–Crippen LogP) is 2.36. The third-order valence-electron chi connectivity index (χ3n) is 5.67. The van der Waals surface area contributed by atoms with Crippen LogP contribution < -0.4 is 5.32 Å². The lowest BCUT2D eigenvalue weighted by Crippen LogP contribution is -2.54. The lowest BCUT2D eigenvalue weighted by Gasteiger charge is -2.31. The molecule has 1 aromatic carbocycles. The van der Waals surface area contributed by atoms with Crippen molar-refractivity contribution in [1.82, 2.24) is 9.62 Å². The van der Waals surface area contributed by atoms with Gasteiger partial charge in [0.05, 0.1) is 25.3 Å². The number of morpholine rings is 1. The van der Waals surface area contributed by atoms with E-state index in [2.05, 4.69) is 5.32 Å². The molecule has 1 heterocycles. The molecule has 2 aliphatic rings. The van der Waals surface area contributed by atoms with Crippen LogP contribution in [0.5, 0.6) is 0 Å². The zero-order valence-corrected chi connectivity index (χ0v) is 18.6. The van der Waals surface area contributed by atoms with Crippen molar-refractivity contribution in [3.8, 4) is 0 Å². The Bertz CT molecular complexity index is 891. The van der Waals surface area contributed by atoms with Gasteiger partial charge in [0.2, 0.25) is 10.0 Å². The van der Waals surface area contributed by atoms with Crippen molar-refractivity contribution < 1.29 is 27.5 Å². The third-order valence-corrected chi connectivity index (χ3v) is 8.05. The molecule has 30 heavy (non-hydrogen) atoms. The fraction of sp³-hybridized carbons (Fsp3) is 0.600. The van der Waals surface area contributed by atoms with Crippen molar-refractivity contribution in [2.75, 3.05) is 33.4 Å². The molecule has 0 atom stereocenters. The summed E-state index contributed by atoms with van der Waals surface area (Å²) in [4.78, 5) is 25.4. The Hall–Kier alpha value is -1.68. The van der Waals surface area contributed by atoms with Gasteiger partial charge in [-0.15, -0.1) is 0 Å². The number of methoxy groups -OCH3 is 1. The summed E-state index contributed by atoms with van der Waals surface area (Å²) in [5.74, 6) is -1.01. The summed E-state index contributed by atoms with van der Waals surface area (Å²) < 4.78 is 37.5. The minimum atomic E-state index is -3.87. The molecule has 10 heteroatoms. The van der Waals surface area contributed by atoms with Crippen molar-refractivity contribution >= 4 is 33.5 Å². The smallest absolute Gasteiger partial charge is 0.331 e. The summed E-state index contributed by atoms with van der Waals surface area (Å²) in [6, 6.07) is 4.11. The van der Waals surface area contributed by atoms with Gasteiger partial charge in [0.1, 0.15) is 10.4 Å². The molecule has 0 aromatic heterocycles. The summed E-state index contributed by atoms with van der Waals surface area (Å²) in [6.45, 7) is 1.05. The number of hydrogen-bond donors (Lipinski definition) is 1. The Labute approximate surface area is 181 Å². The van der Waals surface area contributed by atoms with Crippen LogP contribution in [0.2, 0.25) is 5.02 Å². The second kappa shape index (κ2) is 9.64. The van der Waals surface area contributed by atoms with Gasteiger partial charge < -0.3 is 14.8 Å². The van der Waals surface area contributed by atoms with Gasteiger partial charge in [0.15, 0.2) is 0 Å². The van der Waals surface area contributed by atoms with Gasteiger partial charge in [0, 0.05) is 18.7 Å². The standard InChI is InChI=1S/C20H27ClN2O6S/c1-28-19(25)20(8-4-2-3-5-9-20)22-18(24)15-6-7-16(21)17(14-15)30(26,27)23-10-12-29-13-11-23/h6-7,14H,2-5,8-13H2,1H3,(H,22,24). The van der Waals surface area contributed by atoms with Gasteiger partial charge in [-0.1, -0.05) is 37.3 Å². The summed E-state index contributed by atoms with van der Waals surface area (Å²) in [7, 11) is -2.57. The number of esters is 1. The van der Waals surface area contributed by atoms with Crippen LogP contribution in [0.3, 0.4) is 0 Å². The largest absolute Gasteiger partial charge is 0.467 e. The molecule has 0 radical (unpaired) electrons. The normalized spacial score (nSPS) is 20.2. The summed E-state index contributed by atoms with van der Waals surface area (Å²) in [6.07, 6.45) is 4.53. The summed E-state index contributed by atoms with van der Waals surface area (Å²) >= 11 is 6.18. The quantitative estimate of drug-likeness (QED) is 0.536. The molecule has 1 aliphatic carbocycles. The first-order valence-corrected chi connectivity index (χ1v) is 11.9. The fourth-order valence-corrected chi connectivity index (χ4v) is 5.87. The maximum absolute atomic E-state index is 13.0. The Morgan fingerprint density at radius 3 is 2.37 bits per heavy atom. The van der Waals surface area contributed by atoms with Crippen LogP contribution in [-0.4, -0.2) is 63.6 Å². The summed E-state index contributed by atoms with van der Waals surface area (Å²) in [5, 5.41) is 2.87. The van der Waals surface area contributed by atoms with Crippen LogP contribution in [0.1, 0.15) is 48.9 Å². The van der Waals surface area contributed by atoms with Gasteiger partial charge in [-0.05, 0) is 31.0 Å². The zero-order chi connectivity index (χ0) is 21.8. The molecule has 1 amide bonds. The van der Waals surface area contributed by atoms with E-state index in [1.54, 1.807) is 0 Å². The number of nitrogens with zero attached hydrogens (tertiary/aromatic N) is 1. The Balaban J connectivity index is 1.89. The number of hydrogen-bond acceptors (Lipinski definition) is 6. The molecule has 2 fully saturated rings. The minimum Gasteiger partial charge on any atom is -0.467 e. The highest BCUT2D eigenvalue weighted by Crippen LogP contribution is 2.30. The predicted molar refractivity (Wildman–Crippen MR) is 111 cm³/mol. The van der Waals surface area contributed by atoms with E-state index in [0.717, 1.165) is 25.7 Å². The van der Waals surface area contributed by atoms with Crippen LogP contribution in [0.25, 0.3) is 0 Å². The van der Waals surface area contributed by atoms with Crippen LogP contribution in [0, 0.1) is 0 Å². The summed E-state index contributed by atoms with van der Waals surface area (Å²) in [5.41, 5.74) is -0.982. The van der Waals surface area contributed by atoms with Gasteiger partial charge in [-0.2, -0.15) is 4.31 Å². The monoisotopic (exact) mass is 458 g/mol. The first-order valence-electron chi connectivity index (χ1n) is 10.1. The lowest BCUT2D eigenvalue weighted by atomic mass is 9.89. The van der Waals surface area contributed by atoms with E-state index < -0.39 is 27.4 Å². The maximum Gasteiger partial charge on any atom is 0.331 e. The van der Waals surface area contributed by atoms with Crippen molar-refractivity contribution in [3.63, 3.8) is 0 Å². The molecule has 1 aliphatic heterocycles. The van der Waals surface area contributed by atoms with Gasteiger partial charge in [-0.25, -0.2) is 13.2 Å². The topological polar surface area (TPSA) is 102 Å². The van der Waals surface area contributed by atoms with E-state index in [4.69, 9.17) is 21.1 Å². The number of carbonyl (C=O) groups is 2. The second-order valence-corrected chi connectivity index (χ2v) is 9.92. The average Bonchev–Trinajstić information content (AvgIpc) is 3.00. The molecule has 1 N–H and O–H groups in total. The van der Waals surface area contributed by atoms with E-state index in [9.17, 15) is 18.0 Å². The highest BCUT2D eigenvalue weighted by Gasteiger charge is 2.41. The molecule has 166 valence electrons. The van der Waals surface area contributed by atoms with Crippen molar-refractivity contribution in [1.29, 1.82) is 0 Å². The number of sulfonamides is 1. The molecule has 0 unspecified atom stereocenters. The van der Waals surface area contributed by atoms with Gasteiger partial charge >= 0.3 is 5.97 Å². The lowest BCUT2D eigenvalue weighted by molar-refractivity contribution is -0.148. The van der Waals surface area contributed by atoms with Crippen LogP contribution >= 0.6 is 11.6 Å². The number of ether oxygens (including phenoxy) is 2. The molecule has 1 saturated carbocycles. The number of halogens is 1. The average molecular weight is 459 g/mol. The SMILES string of the molecule is COC(=O)C1(NC(=O)c2ccc(Cl)c(S(=O)(=O)N3CCOCC3)c2)CCCCCC1. The molecule has 1 saturated heterocycles. The van der Waals surface area contributed by atoms with E-state index >= 15 is 0 Å². The Kier molecular flexibility index (Phi) is 7.38. The molecule has 1 aromatic rings. The molecule has 8 nitrogen and oxygen atoms in total. The van der Waals surface area contributed by atoms with Crippen molar-refractivity contribution in [2.45, 2.75) is 49.0 Å².